The summed E-state index contributed by atoms with van der Waals surface area (Å²) in [6.07, 6.45) is 4.17. The largest absolute Gasteiger partial charge is 0.350 e. The number of benzene rings is 1. The third-order valence-corrected chi connectivity index (χ3v) is 4.75. The zero-order valence-electron chi connectivity index (χ0n) is 14.1. The second-order valence-electron chi connectivity index (χ2n) is 6.48. The third kappa shape index (κ3) is 2.83. The molecule has 2 aromatic heterocycles. The summed E-state index contributed by atoms with van der Waals surface area (Å²) >= 11 is 0. The van der Waals surface area contributed by atoms with Crippen LogP contribution in [0.2, 0.25) is 0 Å². The quantitative estimate of drug-likeness (QED) is 0.669. The van der Waals surface area contributed by atoms with Crippen molar-refractivity contribution in [3.05, 3.63) is 54.0 Å². The van der Waals surface area contributed by atoms with Crippen molar-refractivity contribution in [2.45, 2.75) is 24.9 Å². The molecule has 2 atom stereocenters. The van der Waals surface area contributed by atoms with Gasteiger partial charge in [-0.05, 0) is 24.6 Å². The number of aromatic nitrogens is 3. The summed E-state index contributed by atoms with van der Waals surface area (Å²) in [6, 6.07) is 5.51. The number of rotatable bonds is 3. The Bertz CT molecular complexity index is 993. The molecule has 8 heteroatoms. The molecule has 1 aliphatic heterocycles. The van der Waals surface area contributed by atoms with Crippen LogP contribution < -0.4 is 10.6 Å². The molecule has 1 aliphatic rings. The molecular formula is C18H18FN5O2. The van der Waals surface area contributed by atoms with Gasteiger partial charge >= 0.3 is 0 Å². The number of aromatic amines is 1. The Morgan fingerprint density at radius 2 is 2.27 bits per heavy atom. The second-order valence-corrected chi connectivity index (χ2v) is 6.48. The SMILES string of the molecule is Cn1cncc1[C@@H]1NC(=O)CC[C@H]1NC(=O)c1cc2c(F)cccc2[nH]1. The molecule has 3 heterocycles. The Kier molecular flexibility index (Phi) is 3.95. The Hall–Kier alpha value is -3.16. The fraction of sp³-hybridized carbons (Fsp3) is 0.278. The van der Waals surface area contributed by atoms with E-state index in [0.717, 1.165) is 5.69 Å². The first kappa shape index (κ1) is 16.3. The van der Waals surface area contributed by atoms with Gasteiger partial charge in [0.15, 0.2) is 0 Å². The van der Waals surface area contributed by atoms with Crippen molar-refractivity contribution in [2.24, 2.45) is 7.05 Å². The minimum atomic E-state index is -0.379. The van der Waals surface area contributed by atoms with E-state index in [-0.39, 0.29) is 35.4 Å². The van der Waals surface area contributed by atoms with Crippen molar-refractivity contribution in [2.75, 3.05) is 0 Å². The number of aryl methyl sites for hydroxylation is 1. The highest BCUT2D eigenvalue weighted by atomic mass is 19.1. The zero-order chi connectivity index (χ0) is 18.3. The van der Waals surface area contributed by atoms with Crippen LogP contribution in [0.3, 0.4) is 0 Å². The van der Waals surface area contributed by atoms with Gasteiger partial charge < -0.3 is 20.2 Å². The number of nitrogens with one attached hydrogen (secondary N) is 3. The summed E-state index contributed by atoms with van der Waals surface area (Å²) in [4.78, 5) is 31.5. The summed E-state index contributed by atoms with van der Waals surface area (Å²) in [5.41, 5.74) is 1.66. The van der Waals surface area contributed by atoms with E-state index in [4.69, 9.17) is 0 Å². The molecule has 0 spiro atoms. The third-order valence-electron chi connectivity index (χ3n) is 4.75. The molecule has 3 aromatic rings. The summed E-state index contributed by atoms with van der Waals surface area (Å²) in [7, 11) is 1.84. The fourth-order valence-corrected chi connectivity index (χ4v) is 3.39. The van der Waals surface area contributed by atoms with E-state index in [9.17, 15) is 14.0 Å². The van der Waals surface area contributed by atoms with Crippen LogP contribution in [0.25, 0.3) is 10.9 Å². The zero-order valence-corrected chi connectivity index (χ0v) is 14.1. The highest BCUT2D eigenvalue weighted by Crippen LogP contribution is 2.25. The normalized spacial score (nSPS) is 20.2. The highest BCUT2D eigenvalue weighted by molar-refractivity contribution is 5.98. The molecule has 1 saturated heterocycles. The van der Waals surface area contributed by atoms with Crippen LogP contribution in [0.1, 0.15) is 35.1 Å². The van der Waals surface area contributed by atoms with Gasteiger partial charge in [-0.15, -0.1) is 0 Å². The molecule has 0 radical (unpaired) electrons. The first-order chi connectivity index (χ1) is 12.5. The number of H-pyrrole nitrogens is 1. The Balaban J connectivity index is 1.59. The topological polar surface area (TPSA) is 91.8 Å². The molecule has 2 amide bonds. The molecule has 0 saturated carbocycles. The van der Waals surface area contributed by atoms with E-state index in [2.05, 4.69) is 20.6 Å². The lowest BCUT2D eigenvalue weighted by atomic mass is 9.95. The monoisotopic (exact) mass is 355 g/mol. The van der Waals surface area contributed by atoms with E-state index in [1.165, 1.54) is 12.1 Å². The second kappa shape index (κ2) is 6.29. The van der Waals surface area contributed by atoms with Crippen molar-refractivity contribution in [3.8, 4) is 0 Å². The smallest absolute Gasteiger partial charge is 0.268 e. The fourth-order valence-electron chi connectivity index (χ4n) is 3.39. The molecule has 1 fully saturated rings. The van der Waals surface area contributed by atoms with Gasteiger partial charge in [0.25, 0.3) is 5.91 Å². The van der Waals surface area contributed by atoms with E-state index in [0.29, 0.717) is 23.7 Å². The number of piperidine rings is 1. The van der Waals surface area contributed by atoms with Gasteiger partial charge in [0.05, 0.1) is 30.3 Å². The Morgan fingerprint density at radius 3 is 3.00 bits per heavy atom. The predicted molar refractivity (Wildman–Crippen MR) is 92.8 cm³/mol. The number of carbonyl (C=O) groups excluding carboxylic acids is 2. The number of halogens is 1. The van der Waals surface area contributed by atoms with E-state index in [1.54, 1.807) is 24.7 Å². The number of hydrogen-bond donors (Lipinski definition) is 3. The standard InChI is InChI=1S/C18H18FN5O2/c1-24-9-20-8-15(24)17-13(5-6-16(25)23-17)22-18(26)14-7-10-11(19)3-2-4-12(10)21-14/h2-4,7-9,13,17,21H,5-6H2,1H3,(H,22,26)(H,23,25)/t13-,17-/m1/s1. The summed E-state index contributed by atoms with van der Waals surface area (Å²) in [5, 5.41) is 6.24. The molecule has 1 aromatic carbocycles. The Morgan fingerprint density at radius 1 is 1.42 bits per heavy atom. The van der Waals surface area contributed by atoms with Crippen molar-refractivity contribution in [3.63, 3.8) is 0 Å². The number of amides is 2. The lowest BCUT2D eigenvalue weighted by Gasteiger charge is -2.32. The molecule has 4 rings (SSSR count). The van der Waals surface area contributed by atoms with Gasteiger partial charge in [0.2, 0.25) is 5.91 Å². The maximum atomic E-state index is 13.8. The maximum Gasteiger partial charge on any atom is 0.268 e. The van der Waals surface area contributed by atoms with Crippen LogP contribution in [0.15, 0.2) is 36.8 Å². The molecule has 0 aliphatic carbocycles. The number of fused-ring (bicyclic) bond motifs is 1. The summed E-state index contributed by atoms with van der Waals surface area (Å²) < 4.78 is 15.7. The van der Waals surface area contributed by atoms with E-state index >= 15 is 0 Å². The molecule has 134 valence electrons. The van der Waals surface area contributed by atoms with E-state index in [1.807, 2.05) is 11.6 Å². The highest BCUT2D eigenvalue weighted by Gasteiger charge is 2.33. The van der Waals surface area contributed by atoms with Gasteiger partial charge in [-0.1, -0.05) is 6.07 Å². The van der Waals surface area contributed by atoms with Gasteiger partial charge in [-0.2, -0.15) is 0 Å². The first-order valence-corrected chi connectivity index (χ1v) is 8.36. The minimum Gasteiger partial charge on any atom is -0.350 e. The van der Waals surface area contributed by atoms with Crippen molar-refractivity contribution < 1.29 is 14.0 Å². The van der Waals surface area contributed by atoms with Crippen molar-refractivity contribution in [1.82, 2.24) is 25.2 Å². The number of carbonyl (C=O) groups is 2. The van der Waals surface area contributed by atoms with Crippen molar-refractivity contribution in [1.29, 1.82) is 0 Å². The van der Waals surface area contributed by atoms with Crippen LogP contribution in [-0.4, -0.2) is 32.4 Å². The molecular weight excluding hydrogens is 337 g/mol. The maximum absolute atomic E-state index is 13.8. The number of imidazole rings is 1. The van der Waals surface area contributed by atoms with Crippen LogP contribution in [-0.2, 0) is 11.8 Å². The van der Waals surface area contributed by atoms with E-state index < -0.39 is 0 Å². The van der Waals surface area contributed by atoms with Crippen molar-refractivity contribution >= 4 is 22.7 Å². The lowest BCUT2D eigenvalue weighted by molar-refractivity contribution is -0.123. The van der Waals surface area contributed by atoms with Crippen LogP contribution >= 0.6 is 0 Å². The van der Waals surface area contributed by atoms with Crippen LogP contribution in [0.4, 0.5) is 4.39 Å². The molecule has 0 unspecified atom stereocenters. The summed E-state index contributed by atoms with van der Waals surface area (Å²) in [5.74, 6) is -0.779. The minimum absolute atomic E-state index is 0.0608. The van der Waals surface area contributed by atoms with Gasteiger partial charge in [-0.3, -0.25) is 9.59 Å². The molecule has 0 bridgehead atoms. The summed E-state index contributed by atoms with van der Waals surface area (Å²) in [6.45, 7) is 0. The van der Waals surface area contributed by atoms with Gasteiger partial charge in [0.1, 0.15) is 11.5 Å². The van der Waals surface area contributed by atoms with Crippen LogP contribution in [0, 0.1) is 5.82 Å². The number of nitrogens with zero attached hydrogens (tertiary/aromatic N) is 2. The Labute approximate surface area is 148 Å². The average molecular weight is 355 g/mol. The average Bonchev–Trinajstić information content (AvgIpc) is 3.23. The number of hydrogen-bond acceptors (Lipinski definition) is 3. The first-order valence-electron chi connectivity index (χ1n) is 8.36. The van der Waals surface area contributed by atoms with Gasteiger partial charge in [0, 0.05) is 24.4 Å². The molecule has 3 N–H and O–H groups in total. The predicted octanol–water partition coefficient (Wildman–Crippen LogP) is 1.79. The molecule has 7 nitrogen and oxygen atoms in total. The van der Waals surface area contributed by atoms with Gasteiger partial charge in [-0.25, -0.2) is 9.37 Å². The molecule has 26 heavy (non-hydrogen) atoms. The lowest BCUT2D eigenvalue weighted by Crippen LogP contribution is -2.50. The van der Waals surface area contributed by atoms with Crippen LogP contribution in [0.5, 0.6) is 0 Å².